The van der Waals surface area contributed by atoms with Crippen LogP contribution in [0.15, 0.2) is 24.3 Å². The van der Waals surface area contributed by atoms with E-state index in [2.05, 4.69) is 15.0 Å². The van der Waals surface area contributed by atoms with Gasteiger partial charge in [0, 0.05) is 23.5 Å². The minimum absolute atomic E-state index is 0.270. The molecule has 0 radical (unpaired) electrons. The highest BCUT2D eigenvalue weighted by Crippen LogP contribution is 2.37. The molecule has 0 aliphatic carbocycles. The van der Waals surface area contributed by atoms with Gasteiger partial charge in [-0.3, -0.25) is 4.79 Å². The number of nitrogens with one attached hydrogen (secondary N) is 1. The van der Waals surface area contributed by atoms with Gasteiger partial charge in [0.25, 0.3) is 5.91 Å². The van der Waals surface area contributed by atoms with Crippen LogP contribution in [0.2, 0.25) is 0 Å². The summed E-state index contributed by atoms with van der Waals surface area (Å²) in [4.78, 5) is 40.0. The standard InChI is InChI=1S/C20H22N2O5S/c1-4-27-20(25)16-14-9-10-22(2)11-15(14)28-18(16)21-17(23)12-5-7-13(8-6-12)19(24)26-3/h5-8H,4,9-11H2,1-3H3,(H,21,23). The van der Waals surface area contributed by atoms with Crippen molar-refractivity contribution in [3.8, 4) is 0 Å². The van der Waals surface area contributed by atoms with E-state index >= 15 is 0 Å². The van der Waals surface area contributed by atoms with Crippen LogP contribution in [0.1, 0.15) is 48.4 Å². The van der Waals surface area contributed by atoms with Gasteiger partial charge in [-0.15, -0.1) is 11.3 Å². The van der Waals surface area contributed by atoms with Gasteiger partial charge in [0.1, 0.15) is 5.00 Å². The van der Waals surface area contributed by atoms with E-state index in [1.54, 1.807) is 19.1 Å². The normalized spacial score (nSPS) is 13.5. The number of hydrogen-bond donors (Lipinski definition) is 1. The van der Waals surface area contributed by atoms with Crippen LogP contribution in [-0.4, -0.2) is 50.1 Å². The van der Waals surface area contributed by atoms with Crippen LogP contribution in [0.3, 0.4) is 0 Å². The van der Waals surface area contributed by atoms with Crippen LogP contribution in [0.5, 0.6) is 0 Å². The largest absolute Gasteiger partial charge is 0.465 e. The lowest BCUT2D eigenvalue weighted by molar-refractivity contribution is 0.0525. The molecule has 0 unspecified atom stereocenters. The average Bonchev–Trinajstić information content (AvgIpc) is 3.04. The number of carbonyl (C=O) groups is 3. The minimum Gasteiger partial charge on any atom is -0.465 e. The van der Waals surface area contributed by atoms with Crippen LogP contribution < -0.4 is 5.32 Å². The highest BCUT2D eigenvalue weighted by atomic mass is 32.1. The number of anilines is 1. The number of methoxy groups -OCH3 is 1. The Labute approximate surface area is 167 Å². The summed E-state index contributed by atoms with van der Waals surface area (Å²) in [6, 6.07) is 6.16. The van der Waals surface area contributed by atoms with Crippen molar-refractivity contribution in [2.75, 3.05) is 32.6 Å². The number of thiophene rings is 1. The lowest BCUT2D eigenvalue weighted by Gasteiger charge is -2.22. The summed E-state index contributed by atoms with van der Waals surface area (Å²) in [7, 11) is 3.32. The molecule has 1 N–H and O–H groups in total. The van der Waals surface area contributed by atoms with Gasteiger partial charge >= 0.3 is 11.9 Å². The van der Waals surface area contributed by atoms with E-state index in [4.69, 9.17) is 4.74 Å². The van der Waals surface area contributed by atoms with E-state index in [9.17, 15) is 14.4 Å². The molecule has 7 nitrogen and oxygen atoms in total. The van der Waals surface area contributed by atoms with Crippen molar-refractivity contribution in [3.63, 3.8) is 0 Å². The summed E-state index contributed by atoms with van der Waals surface area (Å²) in [6.45, 7) is 3.60. The number of benzene rings is 1. The Hall–Kier alpha value is -2.71. The summed E-state index contributed by atoms with van der Waals surface area (Å²) in [6.07, 6.45) is 0.736. The molecule has 8 heteroatoms. The van der Waals surface area contributed by atoms with Gasteiger partial charge in [0.15, 0.2) is 0 Å². The van der Waals surface area contributed by atoms with Gasteiger partial charge in [0.05, 0.1) is 24.8 Å². The fourth-order valence-corrected chi connectivity index (χ4v) is 4.40. The van der Waals surface area contributed by atoms with E-state index in [0.29, 0.717) is 21.7 Å². The highest BCUT2D eigenvalue weighted by molar-refractivity contribution is 7.17. The molecule has 2 aromatic rings. The number of amides is 1. The van der Waals surface area contributed by atoms with Gasteiger partial charge in [-0.1, -0.05) is 0 Å². The summed E-state index contributed by atoms with van der Waals surface area (Å²) in [5, 5.41) is 3.35. The quantitative estimate of drug-likeness (QED) is 0.774. The van der Waals surface area contributed by atoms with E-state index in [1.165, 1.54) is 30.6 Å². The molecule has 0 fully saturated rings. The van der Waals surface area contributed by atoms with Crippen LogP contribution in [-0.2, 0) is 22.4 Å². The second kappa shape index (κ2) is 8.53. The lowest BCUT2D eigenvalue weighted by Crippen LogP contribution is -2.26. The first-order valence-corrected chi connectivity index (χ1v) is 9.76. The molecular formula is C20H22N2O5S. The molecule has 0 bridgehead atoms. The first-order valence-electron chi connectivity index (χ1n) is 8.94. The number of hydrogen-bond acceptors (Lipinski definition) is 7. The first kappa shape index (κ1) is 20.0. The maximum absolute atomic E-state index is 12.7. The molecular weight excluding hydrogens is 380 g/mol. The van der Waals surface area contributed by atoms with E-state index in [1.807, 2.05) is 7.05 Å². The number of likely N-dealkylation sites (N-methyl/N-ethyl adjacent to an activating group) is 1. The highest BCUT2D eigenvalue weighted by Gasteiger charge is 2.28. The van der Waals surface area contributed by atoms with Gasteiger partial charge in [0.2, 0.25) is 0 Å². The predicted molar refractivity (Wildman–Crippen MR) is 106 cm³/mol. The van der Waals surface area contributed by atoms with Crippen LogP contribution in [0.4, 0.5) is 5.00 Å². The zero-order chi connectivity index (χ0) is 20.3. The summed E-state index contributed by atoms with van der Waals surface area (Å²) in [5.41, 5.74) is 2.15. The molecule has 28 heavy (non-hydrogen) atoms. The summed E-state index contributed by atoms with van der Waals surface area (Å²) >= 11 is 1.41. The Bertz CT molecular complexity index is 904. The smallest absolute Gasteiger partial charge is 0.341 e. The fraction of sp³-hybridized carbons (Fsp3) is 0.350. The van der Waals surface area contributed by atoms with Crippen LogP contribution >= 0.6 is 11.3 Å². The Balaban J connectivity index is 1.87. The zero-order valence-electron chi connectivity index (χ0n) is 16.0. The summed E-state index contributed by atoms with van der Waals surface area (Å²) < 4.78 is 9.87. The molecule has 1 aliphatic rings. The molecule has 148 valence electrons. The molecule has 1 aromatic carbocycles. The Morgan fingerprint density at radius 1 is 1.14 bits per heavy atom. The van der Waals surface area contributed by atoms with E-state index < -0.39 is 11.9 Å². The maximum atomic E-state index is 12.7. The molecule has 1 amide bonds. The number of carbonyl (C=O) groups excluding carboxylic acids is 3. The van der Waals surface area contributed by atoms with Crippen molar-refractivity contribution >= 4 is 34.2 Å². The van der Waals surface area contributed by atoms with Crippen LogP contribution in [0, 0.1) is 0 Å². The van der Waals surface area contributed by atoms with Crippen molar-refractivity contribution in [1.29, 1.82) is 0 Å². The second-order valence-corrected chi connectivity index (χ2v) is 7.54. The van der Waals surface area contributed by atoms with Crippen molar-refractivity contribution in [2.45, 2.75) is 19.9 Å². The Morgan fingerprint density at radius 2 is 1.82 bits per heavy atom. The van der Waals surface area contributed by atoms with Crippen molar-refractivity contribution < 1.29 is 23.9 Å². The fourth-order valence-electron chi connectivity index (χ4n) is 3.09. The SMILES string of the molecule is CCOC(=O)c1c(NC(=O)c2ccc(C(=O)OC)cc2)sc2c1CCN(C)C2. The van der Waals surface area contributed by atoms with Crippen LogP contribution in [0.25, 0.3) is 0 Å². The lowest BCUT2D eigenvalue weighted by atomic mass is 10.0. The minimum atomic E-state index is -0.466. The zero-order valence-corrected chi connectivity index (χ0v) is 16.9. The van der Waals surface area contributed by atoms with Gasteiger partial charge < -0.3 is 19.7 Å². The Morgan fingerprint density at radius 3 is 2.46 bits per heavy atom. The Kier molecular flexibility index (Phi) is 6.11. The number of fused-ring (bicyclic) bond motifs is 1. The summed E-state index contributed by atoms with van der Waals surface area (Å²) in [5.74, 6) is -1.23. The molecule has 0 saturated carbocycles. The molecule has 0 spiro atoms. The number of rotatable bonds is 5. The molecule has 0 atom stereocenters. The number of esters is 2. The third-order valence-electron chi connectivity index (χ3n) is 4.52. The van der Waals surface area contributed by atoms with Gasteiger partial charge in [-0.2, -0.15) is 0 Å². The number of ether oxygens (including phenoxy) is 2. The number of nitrogens with zero attached hydrogens (tertiary/aromatic N) is 1. The molecule has 2 heterocycles. The second-order valence-electron chi connectivity index (χ2n) is 6.44. The third-order valence-corrected chi connectivity index (χ3v) is 5.65. The van der Waals surface area contributed by atoms with E-state index in [0.717, 1.165) is 30.0 Å². The van der Waals surface area contributed by atoms with Crippen molar-refractivity contribution in [2.24, 2.45) is 0 Å². The van der Waals surface area contributed by atoms with Crippen molar-refractivity contribution in [3.05, 3.63) is 51.4 Å². The maximum Gasteiger partial charge on any atom is 0.341 e. The molecule has 1 aromatic heterocycles. The predicted octanol–water partition coefficient (Wildman–Crippen LogP) is 2.95. The third kappa shape index (κ3) is 4.07. The topological polar surface area (TPSA) is 84.9 Å². The monoisotopic (exact) mass is 402 g/mol. The van der Waals surface area contributed by atoms with E-state index in [-0.39, 0.29) is 12.5 Å². The first-order chi connectivity index (χ1) is 13.4. The van der Waals surface area contributed by atoms with Gasteiger partial charge in [-0.25, -0.2) is 9.59 Å². The molecule has 0 saturated heterocycles. The molecule has 1 aliphatic heterocycles. The molecule has 3 rings (SSSR count). The van der Waals surface area contributed by atoms with Crippen molar-refractivity contribution in [1.82, 2.24) is 4.90 Å². The average molecular weight is 402 g/mol. The van der Waals surface area contributed by atoms with Gasteiger partial charge in [-0.05, 0) is 50.2 Å².